The van der Waals surface area contributed by atoms with E-state index >= 15 is 0 Å². The molecular formula is C16H7Cl3N2O3S. The summed E-state index contributed by atoms with van der Waals surface area (Å²) in [6, 6.07) is 10.8. The molecule has 2 aromatic rings. The van der Waals surface area contributed by atoms with Crippen molar-refractivity contribution in [3.63, 3.8) is 0 Å². The van der Waals surface area contributed by atoms with Gasteiger partial charge in [-0.2, -0.15) is 18.9 Å². The van der Waals surface area contributed by atoms with Crippen LogP contribution in [-0.4, -0.2) is 13.0 Å². The van der Waals surface area contributed by atoms with Crippen molar-refractivity contribution >= 4 is 51.0 Å². The van der Waals surface area contributed by atoms with Crippen molar-refractivity contribution in [2.75, 3.05) is 0 Å². The van der Waals surface area contributed by atoms with Gasteiger partial charge >= 0.3 is 0 Å². The molecule has 9 heteroatoms. The Morgan fingerprint density at radius 2 is 1.60 bits per heavy atom. The van der Waals surface area contributed by atoms with Crippen LogP contribution in [0.25, 0.3) is 17.2 Å². The lowest BCUT2D eigenvalue weighted by atomic mass is 10.0. The zero-order chi connectivity index (χ0) is 18.8. The first-order valence-electron chi connectivity index (χ1n) is 6.46. The number of allylic oxidation sites excluding steroid dienone is 1. The van der Waals surface area contributed by atoms with Gasteiger partial charge in [0.05, 0.1) is 15.1 Å². The third-order valence-electron chi connectivity index (χ3n) is 3.15. The molecule has 0 aliphatic carbocycles. The Bertz CT molecular complexity index is 1050. The van der Waals surface area contributed by atoms with E-state index in [2.05, 4.69) is 0 Å². The van der Waals surface area contributed by atoms with Crippen molar-refractivity contribution in [3.05, 3.63) is 56.5 Å². The smallest absolute Gasteiger partial charge is 0.282 e. The zero-order valence-corrected chi connectivity index (χ0v) is 15.2. The Labute approximate surface area is 159 Å². The number of nitrogens with zero attached hydrogens (tertiary/aromatic N) is 2. The number of halogens is 3. The molecule has 0 aliphatic rings. The standard InChI is InChI=1S/C16H7Cl3N2O3S/c17-12-6-13(25(22,23)24)16(19)14(15(12)18)11-3-1-9(2-4-11)5-10(7-20)8-21/h1-6H,(H,22,23,24). The minimum absolute atomic E-state index is 0.0251. The fourth-order valence-corrected chi connectivity index (χ4v) is 3.74. The predicted octanol–water partition coefficient (Wildman–Crippen LogP) is 4.99. The third kappa shape index (κ3) is 4.13. The molecule has 0 fully saturated rings. The minimum Gasteiger partial charge on any atom is -0.282 e. The summed E-state index contributed by atoms with van der Waals surface area (Å²) in [7, 11) is -4.59. The number of hydrogen-bond donors (Lipinski definition) is 1. The van der Waals surface area contributed by atoms with Crippen molar-refractivity contribution < 1.29 is 13.0 Å². The monoisotopic (exact) mass is 412 g/mol. The summed E-state index contributed by atoms with van der Waals surface area (Å²) in [5.41, 5.74) is 1.08. The van der Waals surface area contributed by atoms with Gasteiger partial charge in [0.1, 0.15) is 22.6 Å². The second-order valence-electron chi connectivity index (χ2n) is 4.74. The van der Waals surface area contributed by atoms with Gasteiger partial charge in [-0.1, -0.05) is 59.1 Å². The van der Waals surface area contributed by atoms with Crippen LogP contribution in [0.15, 0.2) is 40.8 Å². The summed E-state index contributed by atoms with van der Waals surface area (Å²) in [6.45, 7) is 0. The molecule has 0 atom stereocenters. The molecule has 0 radical (unpaired) electrons. The van der Waals surface area contributed by atoms with Crippen LogP contribution in [0.5, 0.6) is 0 Å². The first kappa shape index (κ1) is 19.3. The fraction of sp³-hybridized carbons (Fsp3) is 0. The number of benzene rings is 2. The predicted molar refractivity (Wildman–Crippen MR) is 95.9 cm³/mol. The van der Waals surface area contributed by atoms with Crippen molar-refractivity contribution in [1.29, 1.82) is 10.5 Å². The molecule has 0 heterocycles. The maximum Gasteiger partial charge on any atom is 0.296 e. The topological polar surface area (TPSA) is 102 Å². The van der Waals surface area contributed by atoms with E-state index in [0.29, 0.717) is 11.1 Å². The van der Waals surface area contributed by atoms with E-state index in [1.165, 1.54) is 6.08 Å². The maximum atomic E-state index is 11.4. The zero-order valence-electron chi connectivity index (χ0n) is 12.2. The van der Waals surface area contributed by atoms with Crippen LogP contribution >= 0.6 is 34.8 Å². The van der Waals surface area contributed by atoms with Gasteiger partial charge in [-0.15, -0.1) is 0 Å². The average Bonchev–Trinajstić information content (AvgIpc) is 2.56. The Hall–Kier alpha value is -2.06. The molecule has 0 unspecified atom stereocenters. The average molecular weight is 414 g/mol. The lowest BCUT2D eigenvalue weighted by Gasteiger charge is -2.12. The molecule has 0 aromatic heterocycles. The molecule has 126 valence electrons. The Balaban J connectivity index is 2.64. The van der Waals surface area contributed by atoms with Crippen molar-refractivity contribution in [1.82, 2.24) is 0 Å². The fourth-order valence-electron chi connectivity index (χ4n) is 2.02. The quantitative estimate of drug-likeness (QED) is 0.434. The molecular weight excluding hydrogens is 407 g/mol. The van der Waals surface area contributed by atoms with E-state index in [0.717, 1.165) is 6.07 Å². The van der Waals surface area contributed by atoms with Crippen LogP contribution in [0.2, 0.25) is 15.1 Å². The second kappa shape index (κ2) is 7.45. The summed E-state index contributed by atoms with van der Waals surface area (Å²) < 4.78 is 32.2. The Morgan fingerprint density at radius 1 is 1.04 bits per heavy atom. The Kier molecular flexibility index (Phi) is 5.74. The molecule has 0 spiro atoms. The van der Waals surface area contributed by atoms with Gasteiger partial charge in [-0.05, 0) is 23.3 Å². The van der Waals surface area contributed by atoms with Gasteiger partial charge in [0.15, 0.2) is 0 Å². The van der Waals surface area contributed by atoms with Crippen LogP contribution in [-0.2, 0) is 10.1 Å². The minimum atomic E-state index is -4.59. The first-order chi connectivity index (χ1) is 11.7. The molecule has 2 rings (SSSR count). The summed E-state index contributed by atoms with van der Waals surface area (Å²) in [5, 5.41) is 17.2. The normalized spacial score (nSPS) is 10.6. The van der Waals surface area contributed by atoms with Crippen LogP contribution in [0, 0.1) is 22.7 Å². The van der Waals surface area contributed by atoms with Gasteiger partial charge in [-0.25, -0.2) is 0 Å². The van der Waals surface area contributed by atoms with Crippen molar-refractivity contribution in [3.8, 4) is 23.3 Å². The third-order valence-corrected chi connectivity index (χ3v) is 5.32. The largest absolute Gasteiger partial charge is 0.296 e. The molecule has 0 aliphatic heterocycles. The van der Waals surface area contributed by atoms with Crippen molar-refractivity contribution in [2.45, 2.75) is 4.90 Å². The molecule has 1 N–H and O–H groups in total. The van der Waals surface area contributed by atoms with Gasteiger partial charge in [0.2, 0.25) is 0 Å². The lowest BCUT2D eigenvalue weighted by molar-refractivity contribution is 0.483. The molecule has 25 heavy (non-hydrogen) atoms. The van der Waals surface area contributed by atoms with E-state index in [-0.39, 0.29) is 26.2 Å². The summed E-state index contributed by atoms with van der Waals surface area (Å²) in [6.07, 6.45) is 1.38. The SMILES string of the molecule is N#CC(C#N)=Cc1ccc(-c2c(Cl)c(Cl)cc(S(=O)(=O)O)c2Cl)cc1. The number of nitriles is 2. The van der Waals surface area contributed by atoms with Crippen LogP contribution in [0.1, 0.15) is 5.56 Å². The van der Waals surface area contributed by atoms with Crippen LogP contribution in [0.4, 0.5) is 0 Å². The van der Waals surface area contributed by atoms with E-state index in [1.807, 2.05) is 0 Å². The van der Waals surface area contributed by atoms with Gasteiger partial charge in [-0.3, -0.25) is 4.55 Å². The molecule has 0 saturated heterocycles. The molecule has 0 saturated carbocycles. The highest BCUT2D eigenvalue weighted by molar-refractivity contribution is 7.86. The highest BCUT2D eigenvalue weighted by Crippen LogP contribution is 2.42. The molecule has 0 amide bonds. The molecule has 5 nitrogen and oxygen atoms in total. The Morgan fingerprint density at radius 3 is 2.08 bits per heavy atom. The van der Waals surface area contributed by atoms with Gasteiger partial charge in [0, 0.05) is 5.56 Å². The first-order valence-corrected chi connectivity index (χ1v) is 9.03. The van der Waals surface area contributed by atoms with E-state index in [1.54, 1.807) is 36.4 Å². The van der Waals surface area contributed by atoms with E-state index in [4.69, 9.17) is 45.3 Å². The van der Waals surface area contributed by atoms with Gasteiger partial charge in [0.25, 0.3) is 10.1 Å². The lowest BCUT2D eigenvalue weighted by Crippen LogP contribution is -2.01. The number of rotatable bonds is 3. The van der Waals surface area contributed by atoms with Crippen LogP contribution in [0.3, 0.4) is 0 Å². The summed E-state index contributed by atoms with van der Waals surface area (Å²) in [5.74, 6) is 0. The van der Waals surface area contributed by atoms with E-state index in [9.17, 15) is 13.0 Å². The molecule has 0 bridgehead atoms. The van der Waals surface area contributed by atoms with Crippen LogP contribution < -0.4 is 0 Å². The summed E-state index contributed by atoms with van der Waals surface area (Å²) in [4.78, 5) is -0.557. The highest BCUT2D eigenvalue weighted by atomic mass is 35.5. The van der Waals surface area contributed by atoms with Gasteiger partial charge < -0.3 is 0 Å². The second-order valence-corrected chi connectivity index (χ2v) is 7.29. The van der Waals surface area contributed by atoms with Crippen molar-refractivity contribution in [2.24, 2.45) is 0 Å². The van der Waals surface area contributed by atoms with E-state index < -0.39 is 15.0 Å². The molecule has 2 aromatic carbocycles. The number of hydrogen-bond acceptors (Lipinski definition) is 4. The maximum absolute atomic E-state index is 11.4. The highest BCUT2D eigenvalue weighted by Gasteiger charge is 2.23. The summed E-state index contributed by atoms with van der Waals surface area (Å²) >= 11 is 18.2.